The number of ether oxygens (including phenoxy) is 1. The SMILES string of the molecule is CCNc1nc(OCC)nc(-c2cccs2)n1. The summed E-state index contributed by atoms with van der Waals surface area (Å²) in [6, 6.07) is 4.31. The van der Waals surface area contributed by atoms with E-state index in [2.05, 4.69) is 20.3 Å². The first-order chi connectivity index (χ1) is 8.33. The first-order valence-electron chi connectivity index (χ1n) is 5.50. The molecule has 0 aromatic carbocycles. The van der Waals surface area contributed by atoms with Crippen LogP contribution in [-0.2, 0) is 0 Å². The van der Waals surface area contributed by atoms with E-state index in [0.29, 0.717) is 24.4 Å². The Kier molecular flexibility index (Phi) is 3.87. The predicted octanol–water partition coefficient (Wildman–Crippen LogP) is 2.43. The van der Waals surface area contributed by atoms with Gasteiger partial charge in [-0.25, -0.2) is 0 Å². The van der Waals surface area contributed by atoms with Crippen LogP contribution in [0.1, 0.15) is 13.8 Å². The molecule has 0 radical (unpaired) electrons. The van der Waals surface area contributed by atoms with E-state index in [1.54, 1.807) is 11.3 Å². The van der Waals surface area contributed by atoms with Gasteiger partial charge in [0.25, 0.3) is 0 Å². The molecule has 0 unspecified atom stereocenters. The average molecular weight is 250 g/mol. The Morgan fingerprint density at radius 1 is 1.29 bits per heavy atom. The molecule has 2 rings (SSSR count). The second-order valence-electron chi connectivity index (χ2n) is 3.21. The van der Waals surface area contributed by atoms with E-state index in [0.717, 1.165) is 11.4 Å². The van der Waals surface area contributed by atoms with Crippen molar-refractivity contribution in [3.63, 3.8) is 0 Å². The molecule has 0 saturated heterocycles. The summed E-state index contributed by atoms with van der Waals surface area (Å²) in [5.74, 6) is 1.20. The minimum atomic E-state index is 0.363. The third-order valence-electron chi connectivity index (χ3n) is 1.96. The van der Waals surface area contributed by atoms with E-state index in [1.807, 2.05) is 31.4 Å². The van der Waals surface area contributed by atoms with Crippen molar-refractivity contribution < 1.29 is 4.74 Å². The molecule has 0 aliphatic carbocycles. The highest BCUT2D eigenvalue weighted by Gasteiger charge is 2.09. The normalized spacial score (nSPS) is 10.2. The molecule has 6 heteroatoms. The van der Waals surface area contributed by atoms with Gasteiger partial charge in [-0.2, -0.15) is 15.0 Å². The van der Waals surface area contributed by atoms with Crippen LogP contribution in [0.4, 0.5) is 5.95 Å². The zero-order chi connectivity index (χ0) is 12.1. The Hall–Kier alpha value is -1.69. The van der Waals surface area contributed by atoms with Crippen LogP contribution in [0, 0.1) is 0 Å². The Morgan fingerprint density at radius 2 is 2.18 bits per heavy atom. The van der Waals surface area contributed by atoms with Gasteiger partial charge in [-0.3, -0.25) is 0 Å². The molecule has 2 aromatic heterocycles. The highest BCUT2D eigenvalue weighted by molar-refractivity contribution is 7.13. The van der Waals surface area contributed by atoms with Crippen LogP contribution in [-0.4, -0.2) is 28.1 Å². The summed E-state index contributed by atoms with van der Waals surface area (Å²) in [6.45, 7) is 5.20. The van der Waals surface area contributed by atoms with E-state index in [9.17, 15) is 0 Å². The minimum absolute atomic E-state index is 0.363. The largest absolute Gasteiger partial charge is 0.464 e. The molecule has 17 heavy (non-hydrogen) atoms. The Labute approximate surface area is 104 Å². The summed E-state index contributed by atoms with van der Waals surface area (Å²) in [5.41, 5.74) is 0. The Bertz CT molecular complexity index is 448. The Balaban J connectivity index is 2.37. The van der Waals surface area contributed by atoms with Crippen molar-refractivity contribution in [1.29, 1.82) is 0 Å². The van der Waals surface area contributed by atoms with Crippen molar-refractivity contribution in [2.24, 2.45) is 0 Å². The minimum Gasteiger partial charge on any atom is -0.464 e. The zero-order valence-corrected chi connectivity index (χ0v) is 10.6. The van der Waals surface area contributed by atoms with Crippen LogP contribution in [0.5, 0.6) is 6.01 Å². The molecule has 1 N–H and O–H groups in total. The maximum absolute atomic E-state index is 5.33. The lowest BCUT2D eigenvalue weighted by Gasteiger charge is -2.06. The number of hydrogen-bond donors (Lipinski definition) is 1. The van der Waals surface area contributed by atoms with E-state index < -0.39 is 0 Å². The van der Waals surface area contributed by atoms with Gasteiger partial charge in [-0.05, 0) is 25.3 Å². The highest BCUT2D eigenvalue weighted by Crippen LogP contribution is 2.23. The standard InChI is InChI=1S/C11H14N4OS/c1-3-12-10-13-9(8-6-5-7-17-8)14-11(15-10)16-4-2/h5-7H,3-4H2,1-2H3,(H,12,13,14,15). The van der Waals surface area contributed by atoms with E-state index in [1.165, 1.54) is 0 Å². The van der Waals surface area contributed by atoms with Crippen molar-refractivity contribution >= 4 is 17.3 Å². The van der Waals surface area contributed by atoms with E-state index >= 15 is 0 Å². The lowest BCUT2D eigenvalue weighted by Crippen LogP contribution is -2.07. The lowest BCUT2D eigenvalue weighted by molar-refractivity contribution is 0.312. The van der Waals surface area contributed by atoms with Crippen LogP contribution >= 0.6 is 11.3 Å². The second kappa shape index (κ2) is 5.58. The molecule has 0 bridgehead atoms. The number of aromatic nitrogens is 3. The van der Waals surface area contributed by atoms with Gasteiger partial charge in [0, 0.05) is 6.54 Å². The summed E-state index contributed by atoms with van der Waals surface area (Å²) < 4.78 is 5.33. The number of hydrogen-bond acceptors (Lipinski definition) is 6. The molecule has 0 aliphatic heterocycles. The molecule has 0 spiro atoms. The van der Waals surface area contributed by atoms with Crippen LogP contribution in [0.3, 0.4) is 0 Å². The monoisotopic (exact) mass is 250 g/mol. The maximum Gasteiger partial charge on any atom is 0.321 e. The molecular formula is C11H14N4OS. The molecule has 5 nitrogen and oxygen atoms in total. The molecule has 0 atom stereocenters. The van der Waals surface area contributed by atoms with Gasteiger partial charge in [0.15, 0.2) is 5.82 Å². The number of anilines is 1. The van der Waals surface area contributed by atoms with Crippen LogP contribution in [0.25, 0.3) is 10.7 Å². The van der Waals surface area contributed by atoms with Gasteiger partial charge < -0.3 is 10.1 Å². The Morgan fingerprint density at radius 3 is 2.82 bits per heavy atom. The van der Waals surface area contributed by atoms with Crippen molar-refractivity contribution in [3.8, 4) is 16.7 Å². The second-order valence-corrected chi connectivity index (χ2v) is 4.15. The quantitative estimate of drug-likeness (QED) is 0.883. The fourth-order valence-corrected chi connectivity index (χ4v) is 1.96. The summed E-state index contributed by atoms with van der Waals surface area (Å²) in [4.78, 5) is 13.8. The number of rotatable bonds is 5. The number of nitrogens with zero attached hydrogens (tertiary/aromatic N) is 3. The van der Waals surface area contributed by atoms with Crippen molar-refractivity contribution in [1.82, 2.24) is 15.0 Å². The van der Waals surface area contributed by atoms with Crippen LogP contribution < -0.4 is 10.1 Å². The molecule has 2 aromatic rings. The zero-order valence-electron chi connectivity index (χ0n) is 9.80. The van der Waals surface area contributed by atoms with Crippen molar-refractivity contribution in [2.45, 2.75) is 13.8 Å². The van der Waals surface area contributed by atoms with Crippen LogP contribution in [0.2, 0.25) is 0 Å². The first-order valence-corrected chi connectivity index (χ1v) is 6.38. The molecule has 2 heterocycles. The fourth-order valence-electron chi connectivity index (χ4n) is 1.30. The summed E-state index contributed by atoms with van der Waals surface area (Å²) in [6.07, 6.45) is 0. The summed E-state index contributed by atoms with van der Waals surface area (Å²) in [7, 11) is 0. The third-order valence-corrected chi connectivity index (χ3v) is 2.83. The molecule has 0 saturated carbocycles. The predicted molar refractivity (Wildman–Crippen MR) is 68.5 cm³/mol. The topological polar surface area (TPSA) is 59.9 Å². The number of thiophene rings is 1. The first kappa shape index (κ1) is 11.8. The molecular weight excluding hydrogens is 236 g/mol. The molecule has 90 valence electrons. The van der Waals surface area contributed by atoms with Gasteiger partial charge in [-0.1, -0.05) is 6.07 Å². The van der Waals surface area contributed by atoms with Crippen LogP contribution in [0.15, 0.2) is 17.5 Å². The number of nitrogens with one attached hydrogen (secondary N) is 1. The fraction of sp³-hybridized carbons (Fsp3) is 0.364. The lowest BCUT2D eigenvalue weighted by atomic mass is 10.4. The summed E-state index contributed by atoms with van der Waals surface area (Å²) in [5, 5.41) is 5.06. The van der Waals surface area contributed by atoms with Gasteiger partial charge in [-0.15, -0.1) is 11.3 Å². The van der Waals surface area contributed by atoms with E-state index in [4.69, 9.17) is 4.74 Å². The van der Waals surface area contributed by atoms with Crippen molar-refractivity contribution in [3.05, 3.63) is 17.5 Å². The van der Waals surface area contributed by atoms with Gasteiger partial charge in [0.05, 0.1) is 11.5 Å². The highest BCUT2D eigenvalue weighted by atomic mass is 32.1. The van der Waals surface area contributed by atoms with Gasteiger partial charge in [0.2, 0.25) is 5.95 Å². The smallest absolute Gasteiger partial charge is 0.321 e. The molecule has 0 amide bonds. The summed E-state index contributed by atoms with van der Waals surface area (Å²) >= 11 is 1.59. The third kappa shape index (κ3) is 2.91. The molecule has 0 aliphatic rings. The van der Waals surface area contributed by atoms with Crippen molar-refractivity contribution in [2.75, 3.05) is 18.5 Å². The van der Waals surface area contributed by atoms with Gasteiger partial charge >= 0.3 is 6.01 Å². The molecule has 0 fully saturated rings. The average Bonchev–Trinajstić information content (AvgIpc) is 2.83. The van der Waals surface area contributed by atoms with E-state index in [-0.39, 0.29) is 0 Å². The van der Waals surface area contributed by atoms with Gasteiger partial charge in [0.1, 0.15) is 0 Å². The maximum atomic E-state index is 5.33.